The molecule has 1 saturated heterocycles. The van der Waals surface area contributed by atoms with Crippen LogP contribution in [0.5, 0.6) is 5.75 Å². The fraction of sp³-hybridized carbons (Fsp3) is 0.400. The summed E-state index contributed by atoms with van der Waals surface area (Å²) in [5.74, 6) is 0.749. The van der Waals surface area contributed by atoms with Gasteiger partial charge in [-0.3, -0.25) is 9.52 Å². The van der Waals surface area contributed by atoms with E-state index >= 15 is 0 Å². The highest BCUT2D eigenvalue weighted by molar-refractivity contribution is 7.92. The van der Waals surface area contributed by atoms with Gasteiger partial charge in [-0.05, 0) is 74.5 Å². The molecule has 33 heavy (non-hydrogen) atoms. The third-order valence-electron chi connectivity index (χ3n) is 6.24. The van der Waals surface area contributed by atoms with Crippen LogP contribution in [-0.2, 0) is 10.0 Å². The molecule has 0 unspecified atom stereocenters. The lowest BCUT2D eigenvalue weighted by Crippen LogP contribution is -2.46. The molecule has 176 valence electrons. The normalized spacial score (nSPS) is 17.0. The Balaban J connectivity index is 1.75. The number of hydrogen-bond acceptors (Lipinski definition) is 5. The number of hydrogen-bond donors (Lipinski definition) is 2. The maximum absolute atomic E-state index is 12.7. The molecule has 0 aliphatic carbocycles. The van der Waals surface area contributed by atoms with Crippen LogP contribution in [0.15, 0.2) is 48.5 Å². The van der Waals surface area contributed by atoms with Crippen LogP contribution in [0.1, 0.15) is 48.2 Å². The van der Waals surface area contributed by atoms with Crippen LogP contribution in [0.3, 0.4) is 0 Å². The third-order valence-corrected chi connectivity index (χ3v) is 6.84. The van der Waals surface area contributed by atoms with Crippen molar-refractivity contribution in [2.75, 3.05) is 37.2 Å². The molecule has 2 aliphatic heterocycles. The number of piperidine rings is 1. The molecule has 0 bridgehead atoms. The first-order chi connectivity index (χ1) is 15.7. The largest absolute Gasteiger partial charge is 0.482 e. The zero-order chi connectivity index (χ0) is 23.6. The fourth-order valence-electron chi connectivity index (χ4n) is 4.52. The zero-order valence-electron chi connectivity index (χ0n) is 19.3. The number of ether oxygens (including phenoxy) is 1. The van der Waals surface area contributed by atoms with Crippen LogP contribution in [0.4, 0.5) is 5.69 Å². The Bertz CT molecular complexity index is 1160. The number of nitrogens with one attached hydrogen (secondary N) is 2. The molecule has 2 heterocycles. The second-order valence-corrected chi connectivity index (χ2v) is 10.4. The van der Waals surface area contributed by atoms with Gasteiger partial charge in [0.05, 0.1) is 6.26 Å². The molecule has 7 nitrogen and oxygen atoms in total. The van der Waals surface area contributed by atoms with Crippen molar-refractivity contribution in [3.8, 4) is 5.75 Å². The van der Waals surface area contributed by atoms with Gasteiger partial charge in [-0.2, -0.15) is 0 Å². The monoisotopic (exact) mass is 469 g/mol. The average molecular weight is 470 g/mol. The molecule has 2 aromatic rings. The average Bonchev–Trinajstić information content (AvgIpc) is 2.79. The van der Waals surface area contributed by atoms with Crippen LogP contribution >= 0.6 is 0 Å². The number of nitrogens with zero attached hydrogens (tertiary/aromatic N) is 1. The number of amides is 1. The van der Waals surface area contributed by atoms with Crippen LogP contribution in [0.2, 0.25) is 0 Å². The number of benzene rings is 2. The second-order valence-electron chi connectivity index (χ2n) is 8.61. The minimum Gasteiger partial charge on any atom is -0.482 e. The molecule has 8 heteroatoms. The van der Waals surface area contributed by atoms with Crippen LogP contribution < -0.4 is 14.8 Å². The fourth-order valence-corrected chi connectivity index (χ4v) is 5.07. The SMILES string of the molecule is CCN(CC)C(=O)c1ccc(C2=CC3(CCNCC3)Oc3ccc(NS(C)(=O)=O)cc32)cc1. The molecule has 2 aliphatic rings. The van der Waals surface area contributed by atoms with Gasteiger partial charge >= 0.3 is 0 Å². The van der Waals surface area contributed by atoms with E-state index in [0.717, 1.165) is 54.6 Å². The molecule has 0 saturated carbocycles. The van der Waals surface area contributed by atoms with Crippen molar-refractivity contribution in [1.82, 2.24) is 10.2 Å². The van der Waals surface area contributed by atoms with Gasteiger partial charge in [-0.1, -0.05) is 12.1 Å². The molecule has 2 aromatic carbocycles. The van der Waals surface area contributed by atoms with Gasteiger partial charge in [0.2, 0.25) is 10.0 Å². The van der Waals surface area contributed by atoms with Gasteiger partial charge in [-0.25, -0.2) is 8.42 Å². The van der Waals surface area contributed by atoms with E-state index in [-0.39, 0.29) is 5.91 Å². The lowest BCUT2D eigenvalue weighted by Gasteiger charge is -2.40. The van der Waals surface area contributed by atoms with Gasteiger partial charge in [0.1, 0.15) is 11.4 Å². The summed E-state index contributed by atoms with van der Waals surface area (Å²) in [5.41, 5.74) is 3.51. The molecule has 1 amide bonds. The molecule has 4 rings (SSSR count). The highest BCUT2D eigenvalue weighted by Crippen LogP contribution is 2.43. The van der Waals surface area contributed by atoms with Crippen molar-refractivity contribution in [2.24, 2.45) is 0 Å². The molecular weight excluding hydrogens is 438 g/mol. The van der Waals surface area contributed by atoms with Crippen molar-refractivity contribution < 1.29 is 17.9 Å². The second kappa shape index (κ2) is 9.19. The van der Waals surface area contributed by atoms with Crippen molar-refractivity contribution >= 4 is 27.2 Å². The van der Waals surface area contributed by atoms with E-state index in [1.807, 2.05) is 50.2 Å². The van der Waals surface area contributed by atoms with Gasteiger partial charge in [-0.15, -0.1) is 0 Å². The van der Waals surface area contributed by atoms with E-state index in [1.165, 1.54) is 0 Å². The number of carbonyl (C=O) groups excluding carboxylic acids is 1. The minimum atomic E-state index is -3.40. The molecular formula is C25H31N3O4S. The first-order valence-corrected chi connectivity index (χ1v) is 13.3. The van der Waals surface area contributed by atoms with Crippen molar-refractivity contribution in [1.29, 1.82) is 0 Å². The van der Waals surface area contributed by atoms with E-state index in [9.17, 15) is 13.2 Å². The summed E-state index contributed by atoms with van der Waals surface area (Å²) in [4.78, 5) is 14.5. The Kier molecular flexibility index (Phi) is 6.50. The van der Waals surface area contributed by atoms with E-state index < -0.39 is 15.6 Å². The number of anilines is 1. The first kappa shape index (κ1) is 23.3. The maximum Gasteiger partial charge on any atom is 0.253 e. The molecule has 0 radical (unpaired) electrons. The molecule has 0 atom stereocenters. The van der Waals surface area contributed by atoms with Crippen LogP contribution in [0.25, 0.3) is 5.57 Å². The van der Waals surface area contributed by atoms with Crippen LogP contribution in [-0.4, -0.2) is 57.3 Å². The number of fused-ring (bicyclic) bond motifs is 1. The molecule has 2 N–H and O–H groups in total. The summed E-state index contributed by atoms with van der Waals surface area (Å²) in [7, 11) is -3.40. The highest BCUT2D eigenvalue weighted by Gasteiger charge is 2.37. The van der Waals surface area contributed by atoms with Crippen molar-refractivity contribution in [3.63, 3.8) is 0 Å². The lowest BCUT2D eigenvalue weighted by atomic mass is 9.83. The summed E-state index contributed by atoms with van der Waals surface area (Å²) in [6.45, 7) is 7.01. The minimum absolute atomic E-state index is 0.0161. The van der Waals surface area contributed by atoms with Gasteiger partial charge < -0.3 is 15.0 Å². The molecule has 1 fully saturated rings. The Morgan fingerprint density at radius 2 is 1.76 bits per heavy atom. The Labute approximate surface area is 195 Å². The quantitative estimate of drug-likeness (QED) is 0.676. The first-order valence-electron chi connectivity index (χ1n) is 11.4. The van der Waals surface area contributed by atoms with Gasteiger partial charge in [0.25, 0.3) is 5.91 Å². The lowest BCUT2D eigenvalue weighted by molar-refractivity contribution is 0.0772. The smallest absolute Gasteiger partial charge is 0.253 e. The highest BCUT2D eigenvalue weighted by atomic mass is 32.2. The maximum atomic E-state index is 12.7. The molecule has 1 spiro atoms. The Morgan fingerprint density at radius 1 is 1.09 bits per heavy atom. The van der Waals surface area contributed by atoms with Crippen LogP contribution in [0, 0.1) is 0 Å². The zero-order valence-corrected chi connectivity index (χ0v) is 20.2. The predicted molar refractivity (Wildman–Crippen MR) is 131 cm³/mol. The third kappa shape index (κ3) is 5.07. The van der Waals surface area contributed by atoms with E-state index in [0.29, 0.717) is 24.3 Å². The summed E-state index contributed by atoms with van der Waals surface area (Å²) >= 11 is 0. The van der Waals surface area contributed by atoms with E-state index in [2.05, 4.69) is 16.1 Å². The van der Waals surface area contributed by atoms with Gasteiger partial charge in [0, 0.05) is 42.7 Å². The Morgan fingerprint density at radius 3 is 2.36 bits per heavy atom. The van der Waals surface area contributed by atoms with E-state index in [1.54, 1.807) is 11.0 Å². The summed E-state index contributed by atoms with van der Waals surface area (Å²) < 4.78 is 32.6. The summed E-state index contributed by atoms with van der Waals surface area (Å²) in [6.07, 6.45) is 4.99. The number of rotatable bonds is 6. The Hall–Kier alpha value is -2.84. The number of sulfonamides is 1. The standard InChI is InChI=1S/C25H31N3O4S/c1-4-28(5-2)24(29)19-8-6-18(7-9-19)22-17-25(12-14-26-15-13-25)32-23-11-10-20(16-21(22)23)27-33(3,30)31/h6-11,16-17,26-27H,4-5,12-15H2,1-3H3. The summed E-state index contributed by atoms with van der Waals surface area (Å²) in [5, 5.41) is 3.38. The predicted octanol–water partition coefficient (Wildman–Crippen LogP) is 3.49. The topological polar surface area (TPSA) is 87.7 Å². The summed E-state index contributed by atoms with van der Waals surface area (Å²) in [6, 6.07) is 13.0. The van der Waals surface area contributed by atoms with Crippen molar-refractivity contribution in [2.45, 2.75) is 32.3 Å². The molecule has 0 aromatic heterocycles. The van der Waals surface area contributed by atoms with Gasteiger partial charge in [0.15, 0.2) is 0 Å². The van der Waals surface area contributed by atoms with Crippen molar-refractivity contribution in [3.05, 3.63) is 65.2 Å². The van der Waals surface area contributed by atoms with E-state index in [4.69, 9.17) is 4.74 Å². The number of carbonyl (C=O) groups is 1.